The number of amides is 1. The van der Waals surface area contributed by atoms with Crippen molar-refractivity contribution in [3.8, 4) is 0 Å². The number of piperidine rings is 1. The summed E-state index contributed by atoms with van der Waals surface area (Å²) in [6, 6.07) is 0. The zero-order chi connectivity index (χ0) is 10.5. The van der Waals surface area contributed by atoms with Crippen LogP contribution in [0.2, 0.25) is 0 Å². The van der Waals surface area contributed by atoms with E-state index >= 15 is 0 Å². The molecule has 1 amide bonds. The minimum absolute atomic E-state index is 0.318. The van der Waals surface area contributed by atoms with Crippen LogP contribution in [-0.2, 0) is 4.79 Å². The Morgan fingerprint density at radius 1 is 1.43 bits per heavy atom. The zero-order valence-electron chi connectivity index (χ0n) is 9.71. The van der Waals surface area contributed by atoms with Gasteiger partial charge in [0.25, 0.3) is 0 Å². The Labute approximate surface area is 86.7 Å². The molecule has 0 radical (unpaired) electrons. The first-order chi connectivity index (χ1) is 6.44. The van der Waals surface area contributed by atoms with Gasteiger partial charge in [0.15, 0.2) is 0 Å². The molecule has 0 aromatic carbocycles. The van der Waals surface area contributed by atoms with E-state index in [9.17, 15) is 4.79 Å². The van der Waals surface area contributed by atoms with Crippen molar-refractivity contribution < 1.29 is 4.79 Å². The molecule has 2 heteroatoms. The molecular weight excluding hydrogens is 174 g/mol. The molecule has 3 atom stereocenters. The summed E-state index contributed by atoms with van der Waals surface area (Å²) in [6.45, 7) is 7.92. The molecule has 14 heavy (non-hydrogen) atoms. The molecule has 0 spiro atoms. The van der Waals surface area contributed by atoms with Gasteiger partial charge in [-0.25, -0.2) is 0 Å². The maximum absolute atomic E-state index is 12.0. The molecule has 2 fully saturated rings. The SMILES string of the molecule is C[C@@H]1C[C@H]2C(=O)N(C)CC[C@@H]2C1(C)C. The van der Waals surface area contributed by atoms with Gasteiger partial charge in [0, 0.05) is 19.5 Å². The third-order valence-corrected chi connectivity index (χ3v) is 4.79. The van der Waals surface area contributed by atoms with Gasteiger partial charge in [0.2, 0.25) is 5.91 Å². The van der Waals surface area contributed by atoms with E-state index in [2.05, 4.69) is 20.8 Å². The molecule has 80 valence electrons. The van der Waals surface area contributed by atoms with Crippen LogP contribution < -0.4 is 0 Å². The third kappa shape index (κ3) is 1.19. The summed E-state index contributed by atoms with van der Waals surface area (Å²) >= 11 is 0. The number of hydrogen-bond donors (Lipinski definition) is 0. The number of fused-ring (bicyclic) bond motifs is 1. The van der Waals surface area contributed by atoms with E-state index in [1.807, 2.05) is 11.9 Å². The second-order valence-electron chi connectivity index (χ2n) is 5.72. The van der Waals surface area contributed by atoms with Crippen molar-refractivity contribution >= 4 is 5.91 Å². The van der Waals surface area contributed by atoms with E-state index in [1.165, 1.54) is 6.42 Å². The summed E-state index contributed by atoms with van der Waals surface area (Å²) in [6.07, 6.45) is 2.30. The van der Waals surface area contributed by atoms with E-state index in [1.54, 1.807) is 0 Å². The van der Waals surface area contributed by atoms with Gasteiger partial charge in [-0.1, -0.05) is 20.8 Å². The van der Waals surface area contributed by atoms with E-state index < -0.39 is 0 Å². The molecule has 0 aromatic heterocycles. The van der Waals surface area contributed by atoms with Crippen molar-refractivity contribution in [3.63, 3.8) is 0 Å². The van der Waals surface area contributed by atoms with E-state index in [-0.39, 0.29) is 0 Å². The summed E-state index contributed by atoms with van der Waals surface area (Å²) < 4.78 is 0. The molecule has 2 rings (SSSR count). The predicted octanol–water partition coefficient (Wildman–Crippen LogP) is 2.15. The molecule has 2 aliphatic rings. The van der Waals surface area contributed by atoms with Crippen LogP contribution in [0.25, 0.3) is 0 Å². The van der Waals surface area contributed by atoms with E-state index in [0.717, 1.165) is 13.0 Å². The number of rotatable bonds is 0. The van der Waals surface area contributed by atoms with Crippen LogP contribution in [0.3, 0.4) is 0 Å². The molecular formula is C12H21NO. The molecule has 2 nitrogen and oxygen atoms in total. The van der Waals surface area contributed by atoms with Gasteiger partial charge in [-0.3, -0.25) is 4.79 Å². The highest BCUT2D eigenvalue weighted by atomic mass is 16.2. The third-order valence-electron chi connectivity index (χ3n) is 4.79. The topological polar surface area (TPSA) is 20.3 Å². The van der Waals surface area contributed by atoms with E-state index in [4.69, 9.17) is 0 Å². The first-order valence-corrected chi connectivity index (χ1v) is 5.69. The van der Waals surface area contributed by atoms with Crippen molar-refractivity contribution in [1.29, 1.82) is 0 Å². The fraction of sp³-hybridized carbons (Fsp3) is 0.917. The fourth-order valence-corrected chi connectivity index (χ4v) is 3.31. The quantitative estimate of drug-likeness (QED) is 0.580. The molecule has 0 N–H and O–H groups in total. The van der Waals surface area contributed by atoms with Gasteiger partial charge in [0.05, 0.1) is 0 Å². The minimum atomic E-state index is 0.318. The average Bonchev–Trinajstić information content (AvgIpc) is 2.33. The largest absolute Gasteiger partial charge is 0.346 e. The van der Waals surface area contributed by atoms with Crippen molar-refractivity contribution in [1.82, 2.24) is 4.90 Å². The summed E-state index contributed by atoms with van der Waals surface area (Å²) in [5.41, 5.74) is 0.363. The number of nitrogens with zero attached hydrogens (tertiary/aromatic N) is 1. The van der Waals surface area contributed by atoms with Crippen LogP contribution in [0.15, 0.2) is 0 Å². The average molecular weight is 195 g/mol. The highest BCUT2D eigenvalue weighted by Crippen LogP contribution is 2.53. The lowest BCUT2D eigenvalue weighted by molar-refractivity contribution is -0.139. The lowest BCUT2D eigenvalue weighted by atomic mass is 9.72. The monoisotopic (exact) mass is 195 g/mol. The number of carbonyl (C=O) groups is 1. The molecule has 0 unspecified atom stereocenters. The molecule has 1 saturated carbocycles. The number of likely N-dealkylation sites (tertiary alicyclic amines) is 1. The Bertz CT molecular complexity index is 259. The number of hydrogen-bond acceptors (Lipinski definition) is 1. The summed E-state index contributed by atoms with van der Waals surface area (Å²) in [5.74, 6) is 2.02. The first kappa shape index (κ1) is 10.0. The standard InChI is InChI=1S/C12H21NO/c1-8-7-9-10(12(8,2)3)5-6-13(4)11(9)14/h8-10H,5-7H2,1-4H3/t8-,9-,10+/m1/s1. The van der Waals surface area contributed by atoms with Gasteiger partial charge in [-0.2, -0.15) is 0 Å². The lowest BCUT2D eigenvalue weighted by Gasteiger charge is -2.38. The maximum Gasteiger partial charge on any atom is 0.225 e. The highest BCUT2D eigenvalue weighted by molar-refractivity contribution is 5.80. The summed E-state index contributed by atoms with van der Waals surface area (Å²) in [5, 5.41) is 0. The normalized spacial score (nSPS) is 41.3. The molecule has 1 aliphatic carbocycles. The van der Waals surface area contributed by atoms with E-state index in [0.29, 0.717) is 29.1 Å². The van der Waals surface area contributed by atoms with Gasteiger partial charge in [-0.15, -0.1) is 0 Å². The zero-order valence-corrected chi connectivity index (χ0v) is 9.71. The molecule has 1 saturated heterocycles. The Kier molecular flexibility index (Phi) is 2.13. The van der Waals surface area contributed by atoms with Crippen LogP contribution in [0.1, 0.15) is 33.6 Å². The Morgan fingerprint density at radius 3 is 2.71 bits per heavy atom. The van der Waals surface area contributed by atoms with Gasteiger partial charge in [0.1, 0.15) is 0 Å². The Balaban J connectivity index is 2.25. The molecule has 0 bridgehead atoms. The van der Waals surface area contributed by atoms with Crippen molar-refractivity contribution in [2.75, 3.05) is 13.6 Å². The second-order valence-corrected chi connectivity index (χ2v) is 5.72. The number of carbonyl (C=O) groups excluding carboxylic acids is 1. The Morgan fingerprint density at radius 2 is 2.07 bits per heavy atom. The van der Waals surface area contributed by atoms with Crippen LogP contribution in [0, 0.1) is 23.2 Å². The predicted molar refractivity (Wildman–Crippen MR) is 56.8 cm³/mol. The van der Waals surface area contributed by atoms with Crippen LogP contribution in [0.4, 0.5) is 0 Å². The fourth-order valence-electron chi connectivity index (χ4n) is 3.31. The van der Waals surface area contributed by atoms with Gasteiger partial charge >= 0.3 is 0 Å². The summed E-state index contributed by atoms with van der Waals surface area (Å²) in [4.78, 5) is 13.9. The lowest BCUT2D eigenvalue weighted by Crippen LogP contribution is -2.44. The van der Waals surface area contributed by atoms with Crippen molar-refractivity contribution in [2.45, 2.75) is 33.6 Å². The van der Waals surface area contributed by atoms with Gasteiger partial charge < -0.3 is 4.90 Å². The van der Waals surface area contributed by atoms with Gasteiger partial charge in [-0.05, 0) is 30.1 Å². The first-order valence-electron chi connectivity index (χ1n) is 5.69. The van der Waals surface area contributed by atoms with Crippen molar-refractivity contribution in [3.05, 3.63) is 0 Å². The van der Waals surface area contributed by atoms with Crippen LogP contribution >= 0.6 is 0 Å². The maximum atomic E-state index is 12.0. The smallest absolute Gasteiger partial charge is 0.225 e. The molecule has 0 aromatic rings. The molecule has 1 heterocycles. The van der Waals surface area contributed by atoms with Crippen molar-refractivity contribution in [2.24, 2.45) is 23.2 Å². The summed E-state index contributed by atoms with van der Waals surface area (Å²) in [7, 11) is 1.94. The van der Waals surface area contributed by atoms with Crippen LogP contribution in [0.5, 0.6) is 0 Å². The minimum Gasteiger partial charge on any atom is -0.346 e. The Hall–Kier alpha value is -0.530. The molecule has 1 aliphatic heterocycles. The second kappa shape index (κ2) is 2.98. The highest BCUT2D eigenvalue weighted by Gasteiger charge is 2.51. The van der Waals surface area contributed by atoms with Crippen LogP contribution in [-0.4, -0.2) is 24.4 Å².